The number of hydrogen-bond acceptors (Lipinski definition) is 4. The maximum Gasteiger partial charge on any atom is 0.337 e. The molecule has 1 aromatic carbocycles. The molecule has 0 fully saturated rings. The van der Waals surface area contributed by atoms with E-state index in [1.165, 1.54) is 12.0 Å². The third-order valence-corrected chi connectivity index (χ3v) is 3.05. The van der Waals surface area contributed by atoms with Crippen LogP contribution >= 0.6 is 0 Å². The monoisotopic (exact) mass is 271 g/mol. The smallest absolute Gasteiger partial charge is 0.337 e. The van der Waals surface area contributed by atoms with Gasteiger partial charge in [0.05, 0.1) is 36.5 Å². The van der Waals surface area contributed by atoms with Crippen molar-refractivity contribution < 1.29 is 14.3 Å². The van der Waals surface area contributed by atoms with Gasteiger partial charge in [-0.05, 0) is 25.1 Å². The lowest BCUT2D eigenvalue weighted by Crippen LogP contribution is -2.44. The molecule has 6 nitrogen and oxygen atoms in total. The van der Waals surface area contributed by atoms with Crippen molar-refractivity contribution in [3.63, 3.8) is 0 Å². The molecule has 0 spiro atoms. The zero-order valence-electron chi connectivity index (χ0n) is 11.1. The molecule has 2 rings (SSSR count). The SMILES string of the molecule is COC(=O)c1cccc(N2C(=O)NCC(C#N)=C2C)c1. The van der Waals surface area contributed by atoms with Crippen molar-refractivity contribution in [3.8, 4) is 6.07 Å². The molecule has 0 radical (unpaired) electrons. The number of ether oxygens (including phenoxy) is 1. The first-order valence-corrected chi connectivity index (χ1v) is 5.94. The number of nitriles is 1. The number of allylic oxidation sites excluding steroid dienone is 1. The minimum Gasteiger partial charge on any atom is -0.465 e. The predicted molar refractivity (Wildman–Crippen MR) is 72.0 cm³/mol. The van der Waals surface area contributed by atoms with Crippen LogP contribution in [0.2, 0.25) is 0 Å². The van der Waals surface area contributed by atoms with E-state index in [2.05, 4.69) is 16.1 Å². The van der Waals surface area contributed by atoms with E-state index in [1.54, 1.807) is 31.2 Å². The van der Waals surface area contributed by atoms with Crippen LogP contribution in [0.4, 0.5) is 10.5 Å². The minimum absolute atomic E-state index is 0.217. The number of nitrogens with zero attached hydrogens (tertiary/aromatic N) is 2. The van der Waals surface area contributed by atoms with Crippen LogP contribution in [-0.4, -0.2) is 25.7 Å². The summed E-state index contributed by atoms with van der Waals surface area (Å²) in [4.78, 5) is 24.9. The molecular formula is C14H13N3O3. The van der Waals surface area contributed by atoms with Gasteiger partial charge in [0.25, 0.3) is 0 Å². The standard InChI is InChI=1S/C14H13N3O3/c1-9-11(7-15)8-16-14(19)17(9)12-5-3-4-10(6-12)13(18)20-2/h3-6H,8H2,1-2H3,(H,16,19). The van der Waals surface area contributed by atoms with Gasteiger partial charge in [0, 0.05) is 5.70 Å². The van der Waals surface area contributed by atoms with Gasteiger partial charge < -0.3 is 10.1 Å². The van der Waals surface area contributed by atoms with Crippen molar-refractivity contribution in [2.24, 2.45) is 0 Å². The zero-order chi connectivity index (χ0) is 14.7. The number of methoxy groups -OCH3 is 1. The average Bonchev–Trinajstić information content (AvgIpc) is 2.47. The summed E-state index contributed by atoms with van der Waals surface area (Å²) in [6.07, 6.45) is 0. The highest BCUT2D eigenvalue weighted by molar-refractivity contribution is 5.98. The van der Waals surface area contributed by atoms with E-state index in [9.17, 15) is 9.59 Å². The number of hydrogen-bond donors (Lipinski definition) is 1. The van der Waals surface area contributed by atoms with E-state index in [0.29, 0.717) is 22.5 Å². The topological polar surface area (TPSA) is 82.4 Å². The van der Waals surface area contributed by atoms with Gasteiger partial charge in [0.1, 0.15) is 0 Å². The second kappa shape index (κ2) is 5.45. The van der Waals surface area contributed by atoms with Crippen LogP contribution in [0.15, 0.2) is 35.5 Å². The fourth-order valence-corrected chi connectivity index (χ4v) is 1.98. The van der Waals surface area contributed by atoms with Crippen molar-refractivity contribution in [3.05, 3.63) is 41.1 Å². The Bertz CT molecular complexity index is 643. The molecule has 0 saturated carbocycles. The van der Waals surface area contributed by atoms with Crippen LogP contribution < -0.4 is 10.2 Å². The van der Waals surface area contributed by atoms with Crippen LogP contribution in [0, 0.1) is 11.3 Å². The lowest BCUT2D eigenvalue weighted by molar-refractivity contribution is 0.0600. The van der Waals surface area contributed by atoms with Crippen LogP contribution in [-0.2, 0) is 4.74 Å². The molecule has 0 saturated heterocycles. The number of carbonyl (C=O) groups is 2. The molecule has 0 atom stereocenters. The van der Waals surface area contributed by atoms with Gasteiger partial charge in [-0.3, -0.25) is 4.90 Å². The van der Waals surface area contributed by atoms with Gasteiger partial charge in [-0.1, -0.05) is 6.07 Å². The highest BCUT2D eigenvalue weighted by atomic mass is 16.5. The molecule has 1 aliphatic heterocycles. The summed E-state index contributed by atoms with van der Waals surface area (Å²) in [7, 11) is 1.29. The molecule has 102 valence electrons. The van der Waals surface area contributed by atoms with E-state index in [0.717, 1.165) is 0 Å². The molecule has 1 N–H and O–H groups in total. The van der Waals surface area contributed by atoms with Crippen LogP contribution in [0.3, 0.4) is 0 Å². The first-order valence-electron chi connectivity index (χ1n) is 5.94. The van der Waals surface area contributed by atoms with Crippen LogP contribution in [0.25, 0.3) is 0 Å². The molecular weight excluding hydrogens is 258 g/mol. The molecule has 0 aliphatic carbocycles. The number of nitrogens with one attached hydrogen (secondary N) is 1. The van der Waals surface area contributed by atoms with Crippen molar-refractivity contribution in [1.29, 1.82) is 5.26 Å². The number of esters is 1. The molecule has 0 aromatic heterocycles. The average molecular weight is 271 g/mol. The molecule has 0 unspecified atom stereocenters. The fraction of sp³-hybridized carbons (Fsp3) is 0.214. The van der Waals surface area contributed by atoms with E-state index < -0.39 is 5.97 Å². The molecule has 1 heterocycles. The normalized spacial score (nSPS) is 14.7. The summed E-state index contributed by atoms with van der Waals surface area (Å²) in [6, 6.07) is 8.22. The Kier molecular flexibility index (Phi) is 3.71. The first kappa shape index (κ1) is 13.6. The molecule has 20 heavy (non-hydrogen) atoms. The lowest BCUT2D eigenvalue weighted by Gasteiger charge is -2.29. The molecule has 6 heteroatoms. The number of rotatable bonds is 2. The van der Waals surface area contributed by atoms with Crippen LogP contribution in [0.5, 0.6) is 0 Å². The number of urea groups is 1. The molecule has 2 amide bonds. The van der Waals surface area contributed by atoms with Crippen LogP contribution in [0.1, 0.15) is 17.3 Å². The van der Waals surface area contributed by atoms with Gasteiger partial charge >= 0.3 is 12.0 Å². The Morgan fingerprint density at radius 1 is 1.50 bits per heavy atom. The number of carbonyl (C=O) groups excluding carboxylic acids is 2. The predicted octanol–water partition coefficient (Wildman–Crippen LogP) is 1.80. The second-order valence-corrected chi connectivity index (χ2v) is 4.21. The van der Waals surface area contributed by atoms with E-state index in [4.69, 9.17) is 5.26 Å². The van der Waals surface area contributed by atoms with Gasteiger partial charge in [0.15, 0.2) is 0 Å². The van der Waals surface area contributed by atoms with Crippen molar-refractivity contribution in [2.45, 2.75) is 6.92 Å². The maximum absolute atomic E-state index is 12.0. The van der Waals surface area contributed by atoms with E-state index >= 15 is 0 Å². The molecule has 1 aliphatic rings. The largest absolute Gasteiger partial charge is 0.465 e. The third-order valence-electron chi connectivity index (χ3n) is 3.05. The van der Waals surface area contributed by atoms with Crippen molar-refractivity contribution in [1.82, 2.24) is 5.32 Å². The highest BCUT2D eigenvalue weighted by Crippen LogP contribution is 2.24. The number of anilines is 1. The summed E-state index contributed by atoms with van der Waals surface area (Å²) < 4.78 is 4.65. The van der Waals surface area contributed by atoms with Crippen molar-refractivity contribution >= 4 is 17.7 Å². The molecule has 0 bridgehead atoms. The highest BCUT2D eigenvalue weighted by Gasteiger charge is 2.25. The first-order chi connectivity index (χ1) is 9.58. The van der Waals surface area contributed by atoms with Gasteiger partial charge in [0.2, 0.25) is 0 Å². The Labute approximate surface area is 116 Å². The lowest BCUT2D eigenvalue weighted by atomic mass is 10.1. The second-order valence-electron chi connectivity index (χ2n) is 4.21. The summed E-state index contributed by atoms with van der Waals surface area (Å²) >= 11 is 0. The van der Waals surface area contributed by atoms with Gasteiger partial charge in [-0.25, -0.2) is 9.59 Å². The van der Waals surface area contributed by atoms with Crippen molar-refractivity contribution in [2.75, 3.05) is 18.6 Å². The maximum atomic E-state index is 12.0. The Morgan fingerprint density at radius 3 is 2.90 bits per heavy atom. The van der Waals surface area contributed by atoms with Gasteiger partial charge in [-0.15, -0.1) is 0 Å². The summed E-state index contributed by atoms with van der Waals surface area (Å²) in [5.41, 5.74) is 1.89. The fourth-order valence-electron chi connectivity index (χ4n) is 1.98. The minimum atomic E-state index is -0.480. The zero-order valence-corrected chi connectivity index (χ0v) is 11.1. The quantitative estimate of drug-likeness (QED) is 0.831. The van der Waals surface area contributed by atoms with Gasteiger partial charge in [-0.2, -0.15) is 5.26 Å². The van der Waals surface area contributed by atoms with E-state index in [1.807, 2.05) is 0 Å². The van der Waals surface area contributed by atoms with E-state index in [-0.39, 0.29) is 12.6 Å². The number of benzene rings is 1. The number of amides is 2. The Balaban J connectivity index is 2.47. The summed E-state index contributed by atoms with van der Waals surface area (Å²) in [5.74, 6) is -0.480. The Morgan fingerprint density at radius 2 is 2.25 bits per heavy atom. The Hall–Kier alpha value is -2.81. The summed E-state index contributed by atoms with van der Waals surface area (Å²) in [6.45, 7) is 1.91. The summed E-state index contributed by atoms with van der Waals surface area (Å²) in [5, 5.41) is 11.6. The third kappa shape index (κ3) is 2.34. The molecule has 1 aromatic rings.